The van der Waals surface area contributed by atoms with E-state index in [0.717, 1.165) is 36.7 Å². The van der Waals surface area contributed by atoms with E-state index < -0.39 is 0 Å². The normalized spacial score (nSPS) is 25.9. The third kappa shape index (κ3) is 4.84. The molecule has 1 N–H and O–H groups in total. The summed E-state index contributed by atoms with van der Waals surface area (Å²) in [7, 11) is 1.65. The third-order valence-corrected chi connectivity index (χ3v) is 6.46. The van der Waals surface area contributed by atoms with Gasteiger partial charge in [-0.05, 0) is 61.2 Å². The summed E-state index contributed by atoms with van der Waals surface area (Å²) in [5.41, 5.74) is 1.68. The van der Waals surface area contributed by atoms with E-state index in [1.165, 1.54) is 13.0 Å². The van der Waals surface area contributed by atoms with Gasteiger partial charge in [0, 0.05) is 24.7 Å². The van der Waals surface area contributed by atoms with Gasteiger partial charge in [-0.15, -0.1) is 0 Å². The molecular weight excluding hydrogens is 408 g/mol. The number of piperidine rings is 1. The minimum Gasteiger partial charge on any atom is -0.497 e. The lowest BCUT2D eigenvalue weighted by Gasteiger charge is -2.30. The van der Waals surface area contributed by atoms with Crippen molar-refractivity contribution in [2.45, 2.75) is 31.6 Å². The number of benzene rings is 2. The fourth-order valence-electron chi connectivity index (χ4n) is 4.80. The first-order valence-corrected chi connectivity index (χ1v) is 11.3. The second-order valence-electron chi connectivity index (χ2n) is 8.90. The van der Waals surface area contributed by atoms with Gasteiger partial charge in [0.2, 0.25) is 0 Å². The number of nitrogens with zero attached hydrogens (tertiary/aromatic N) is 1. The molecule has 0 radical (unpaired) electrons. The Kier molecular flexibility index (Phi) is 6.19. The van der Waals surface area contributed by atoms with Crippen molar-refractivity contribution in [3.8, 4) is 17.2 Å². The molecule has 170 valence electrons. The fraction of sp³-hybridized carbons (Fsp3) is 0.480. The lowest BCUT2D eigenvalue weighted by atomic mass is 9.96. The summed E-state index contributed by atoms with van der Waals surface area (Å²) < 4.78 is 22.9. The highest BCUT2D eigenvalue weighted by atomic mass is 16.6. The molecule has 1 amide bonds. The molecule has 1 unspecified atom stereocenters. The topological polar surface area (TPSA) is 69.3 Å². The van der Waals surface area contributed by atoms with Crippen LogP contribution in [0.2, 0.25) is 0 Å². The van der Waals surface area contributed by atoms with Gasteiger partial charge < -0.3 is 29.2 Å². The number of methoxy groups -OCH3 is 1. The van der Waals surface area contributed by atoms with E-state index >= 15 is 0 Å². The summed E-state index contributed by atoms with van der Waals surface area (Å²) in [5, 5.41) is 3.20. The van der Waals surface area contributed by atoms with Gasteiger partial charge in [-0.3, -0.25) is 4.79 Å². The van der Waals surface area contributed by atoms with E-state index in [9.17, 15) is 4.79 Å². The van der Waals surface area contributed by atoms with Crippen molar-refractivity contribution >= 4 is 5.91 Å². The average Bonchev–Trinajstić information content (AvgIpc) is 3.17. The van der Waals surface area contributed by atoms with Crippen LogP contribution in [0.25, 0.3) is 0 Å². The van der Waals surface area contributed by atoms with E-state index in [2.05, 4.69) is 10.2 Å². The standard InChI is InChI=1S/C25H30N2O5/c1-29-21-5-2-17(3-6-21)14-30-15-22-16-31-24-11-19(4-7-23(24)32-22)25(28)26-20-10-18-8-9-27(12-18)13-20/h2-7,11,18,20,22H,8-10,12-16H2,1H3,(H,26,28)/t18-,20-,22+/m1/s1. The smallest absolute Gasteiger partial charge is 0.251 e. The quantitative estimate of drug-likeness (QED) is 0.717. The zero-order valence-electron chi connectivity index (χ0n) is 18.4. The van der Waals surface area contributed by atoms with Crippen molar-refractivity contribution in [2.24, 2.45) is 5.92 Å². The number of hydrogen-bond acceptors (Lipinski definition) is 6. The van der Waals surface area contributed by atoms with Gasteiger partial charge in [-0.25, -0.2) is 0 Å². The van der Waals surface area contributed by atoms with Crippen LogP contribution >= 0.6 is 0 Å². The number of amides is 1. The van der Waals surface area contributed by atoms with Crippen LogP contribution in [0.4, 0.5) is 0 Å². The molecule has 0 aliphatic carbocycles. The first-order valence-electron chi connectivity index (χ1n) is 11.3. The molecule has 3 aliphatic heterocycles. The van der Waals surface area contributed by atoms with E-state index in [0.29, 0.717) is 36.9 Å². The zero-order valence-corrected chi connectivity index (χ0v) is 18.4. The van der Waals surface area contributed by atoms with Crippen LogP contribution in [-0.2, 0) is 11.3 Å². The monoisotopic (exact) mass is 438 g/mol. The molecule has 3 aliphatic rings. The summed E-state index contributed by atoms with van der Waals surface area (Å²) in [6.45, 7) is 4.60. The molecule has 2 bridgehead atoms. The van der Waals surface area contributed by atoms with Crippen LogP contribution in [0.3, 0.4) is 0 Å². The lowest BCUT2D eigenvalue weighted by molar-refractivity contribution is 0.00267. The molecule has 0 saturated carbocycles. The fourth-order valence-corrected chi connectivity index (χ4v) is 4.80. The maximum absolute atomic E-state index is 12.8. The molecule has 3 heterocycles. The zero-order chi connectivity index (χ0) is 21.9. The summed E-state index contributed by atoms with van der Waals surface area (Å²) in [4.78, 5) is 15.2. The number of carbonyl (C=O) groups excluding carboxylic acids is 1. The number of nitrogens with one attached hydrogen (secondary N) is 1. The van der Waals surface area contributed by atoms with Crippen LogP contribution in [0.15, 0.2) is 42.5 Å². The largest absolute Gasteiger partial charge is 0.497 e. The Bertz CT molecular complexity index is 936. The van der Waals surface area contributed by atoms with Gasteiger partial charge in [0.25, 0.3) is 5.91 Å². The molecule has 2 aromatic carbocycles. The maximum atomic E-state index is 12.8. The average molecular weight is 439 g/mol. The highest BCUT2D eigenvalue weighted by Crippen LogP contribution is 2.33. The molecule has 32 heavy (non-hydrogen) atoms. The molecule has 0 aromatic heterocycles. The van der Waals surface area contributed by atoms with Gasteiger partial charge in [-0.2, -0.15) is 0 Å². The Morgan fingerprint density at radius 1 is 1.16 bits per heavy atom. The number of fused-ring (bicyclic) bond motifs is 3. The molecule has 5 rings (SSSR count). The van der Waals surface area contributed by atoms with Crippen LogP contribution in [0.5, 0.6) is 17.2 Å². The predicted molar refractivity (Wildman–Crippen MR) is 119 cm³/mol. The SMILES string of the molecule is COc1ccc(COC[C@H]2COc3cc(C(=O)N[C@@H]4C[C@H]5CCN(C5)C4)ccc3O2)cc1. The molecule has 0 spiro atoms. The third-order valence-electron chi connectivity index (χ3n) is 6.46. The number of rotatable bonds is 7. The van der Waals surface area contributed by atoms with E-state index in [4.69, 9.17) is 18.9 Å². The van der Waals surface area contributed by atoms with Gasteiger partial charge in [-0.1, -0.05) is 12.1 Å². The second kappa shape index (κ2) is 9.38. The highest BCUT2D eigenvalue weighted by Gasteiger charge is 2.33. The predicted octanol–water partition coefficient (Wildman–Crippen LogP) is 2.88. The second-order valence-corrected chi connectivity index (χ2v) is 8.90. The number of hydrogen-bond donors (Lipinski definition) is 1. The molecule has 7 nitrogen and oxygen atoms in total. The molecule has 2 aromatic rings. The van der Waals surface area contributed by atoms with Crippen molar-refractivity contribution in [1.29, 1.82) is 0 Å². The number of ether oxygens (including phenoxy) is 4. The molecule has 7 heteroatoms. The van der Waals surface area contributed by atoms with Crippen LogP contribution in [0.1, 0.15) is 28.8 Å². The minimum absolute atomic E-state index is 0.0474. The Balaban J connectivity index is 1.11. The summed E-state index contributed by atoms with van der Waals surface area (Å²) in [6.07, 6.45) is 2.14. The van der Waals surface area contributed by atoms with E-state index in [1.54, 1.807) is 19.2 Å². The Hall–Kier alpha value is -2.77. The van der Waals surface area contributed by atoms with Gasteiger partial charge in [0.05, 0.1) is 20.3 Å². The van der Waals surface area contributed by atoms with E-state index in [1.807, 2.05) is 30.3 Å². The van der Waals surface area contributed by atoms with Crippen LogP contribution in [-0.4, -0.2) is 62.9 Å². The van der Waals surface area contributed by atoms with Gasteiger partial charge in [0.1, 0.15) is 12.4 Å². The summed E-state index contributed by atoms with van der Waals surface area (Å²) in [6, 6.07) is 13.4. The summed E-state index contributed by atoms with van der Waals surface area (Å²) in [5.74, 6) is 2.75. The van der Waals surface area contributed by atoms with Crippen molar-refractivity contribution in [1.82, 2.24) is 10.2 Å². The van der Waals surface area contributed by atoms with Gasteiger partial charge in [0.15, 0.2) is 17.6 Å². The van der Waals surface area contributed by atoms with Gasteiger partial charge >= 0.3 is 0 Å². The van der Waals surface area contributed by atoms with Crippen molar-refractivity contribution in [3.63, 3.8) is 0 Å². The van der Waals surface area contributed by atoms with Crippen LogP contribution < -0.4 is 19.5 Å². The molecular formula is C25H30N2O5. The van der Waals surface area contributed by atoms with Crippen molar-refractivity contribution < 1.29 is 23.7 Å². The van der Waals surface area contributed by atoms with E-state index in [-0.39, 0.29) is 18.1 Å². The van der Waals surface area contributed by atoms with Crippen molar-refractivity contribution in [2.75, 3.05) is 40.0 Å². The molecule has 4 atom stereocenters. The highest BCUT2D eigenvalue weighted by molar-refractivity contribution is 5.95. The Morgan fingerprint density at radius 2 is 2.03 bits per heavy atom. The summed E-state index contributed by atoms with van der Waals surface area (Å²) >= 11 is 0. The lowest BCUT2D eigenvalue weighted by Crippen LogP contribution is -2.47. The minimum atomic E-state index is -0.188. The van der Waals surface area contributed by atoms with Crippen LogP contribution in [0, 0.1) is 5.92 Å². The Morgan fingerprint density at radius 3 is 2.84 bits per heavy atom. The first-order chi connectivity index (χ1) is 15.7. The number of carbonyl (C=O) groups is 1. The molecule has 2 fully saturated rings. The maximum Gasteiger partial charge on any atom is 0.251 e. The molecule has 2 saturated heterocycles. The Labute approximate surface area is 188 Å². The van der Waals surface area contributed by atoms with Crippen molar-refractivity contribution in [3.05, 3.63) is 53.6 Å². The first kappa shape index (κ1) is 21.1.